The van der Waals surface area contributed by atoms with Crippen molar-refractivity contribution in [3.8, 4) is 11.5 Å². The number of ether oxygens (including phenoxy) is 1. The van der Waals surface area contributed by atoms with Crippen LogP contribution in [0, 0.1) is 5.41 Å². The van der Waals surface area contributed by atoms with Gasteiger partial charge in [-0.25, -0.2) is 9.78 Å². The van der Waals surface area contributed by atoms with Crippen molar-refractivity contribution in [2.24, 2.45) is 5.41 Å². The number of aromatic nitrogens is 1. The monoisotopic (exact) mass is 502 g/mol. The smallest absolute Gasteiger partial charge is 0.326 e. The van der Waals surface area contributed by atoms with Crippen molar-refractivity contribution in [2.45, 2.75) is 84.6 Å². The van der Waals surface area contributed by atoms with Crippen molar-refractivity contribution in [1.82, 2.24) is 10.3 Å². The van der Waals surface area contributed by atoms with Gasteiger partial charge in [0, 0.05) is 11.3 Å². The Morgan fingerprint density at radius 2 is 1.57 bits per heavy atom. The lowest BCUT2D eigenvalue weighted by Crippen LogP contribution is -2.49. The highest BCUT2D eigenvalue weighted by Gasteiger charge is 2.33. The van der Waals surface area contributed by atoms with Crippen LogP contribution < -0.4 is 10.1 Å². The minimum atomic E-state index is -1.06. The Hall–Kier alpha value is -3.41. The van der Waals surface area contributed by atoms with E-state index in [-0.39, 0.29) is 17.0 Å². The molecule has 0 radical (unpaired) electrons. The second-order valence-electron chi connectivity index (χ2n) is 12.2. The largest absolute Gasteiger partial charge is 0.480 e. The fourth-order valence-electron chi connectivity index (χ4n) is 4.96. The number of nitrogens with one attached hydrogen (secondary N) is 1. The van der Waals surface area contributed by atoms with Gasteiger partial charge in [-0.3, -0.25) is 4.79 Å². The van der Waals surface area contributed by atoms with E-state index in [1.807, 2.05) is 30.3 Å². The first kappa shape index (κ1) is 26.6. The summed E-state index contributed by atoms with van der Waals surface area (Å²) in [5.74, 6) is 0.209. The number of hydrogen-bond acceptors (Lipinski definition) is 4. The number of aliphatic carboxylic acids is 1. The zero-order chi connectivity index (χ0) is 27.0. The van der Waals surface area contributed by atoms with Crippen molar-refractivity contribution >= 4 is 22.6 Å². The highest BCUT2D eigenvalue weighted by atomic mass is 16.5. The number of carbonyl (C=O) groups excluding carboxylic acids is 1. The number of nitrogens with zero attached hydrogens (tertiary/aromatic N) is 1. The third-order valence-electron chi connectivity index (χ3n) is 7.15. The lowest BCUT2D eigenvalue weighted by Gasteiger charge is -2.27. The molecule has 0 aliphatic heterocycles. The van der Waals surface area contributed by atoms with Gasteiger partial charge in [0.15, 0.2) is 0 Å². The van der Waals surface area contributed by atoms with Gasteiger partial charge in [-0.1, -0.05) is 72.6 Å². The van der Waals surface area contributed by atoms with Crippen LogP contribution >= 0.6 is 0 Å². The van der Waals surface area contributed by atoms with Gasteiger partial charge < -0.3 is 15.2 Å². The second-order valence-corrected chi connectivity index (χ2v) is 12.2. The Labute approximate surface area is 219 Å². The van der Waals surface area contributed by atoms with Crippen LogP contribution in [0.3, 0.4) is 0 Å². The van der Waals surface area contributed by atoms with Gasteiger partial charge in [0.25, 0.3) is 5.91 Å². The summed E-state index contributed by atoms with van der Waals surface area (Å²) in [5.41, 5.74) is 1.82. The van der Waals surface area contributed by atoms with Crippen LogP contribution in [0.2, 0.25) is 0 Å². The van der Waals surface area contributed by atoms with Gasteiger partial charge in [-0.2, -0.15) is 0 Å². The van der Waals surface area contributed by atoms with Crippen LogP contribution in [0.4, 0.5) is 0 Å². The molecule has 0 unspecified atom stereocenters. The van der Waals surface area contributed by atoms with Gasteiger partial charge in [0.2, 0.25) is 0 Å². The third kappa shape index (κ3) is 6.12. The number of hydrogen-bond donors (Lipinski definition) is 2. The number of amides is 1. The zero-order valence-corrected chi connectivity index (χ0v) is 22.7. The molecule has 1 atom stereocenters. The molecule has 0 spiro atoms. The number of benzene rings is 2. The average molecular weight is 503 g/mol. The number of carbonyl (C=O) groups is 2. The minimum Gasteiger partial charge on any atom is -0.480 e. The summed E-state index contributed by atoms with van der Waals surface area (Å²) < 4.78 is 6.19. The molecule has 6 heteroatoms. The highest BCUT2D eigenvalue weighted by molar-refractivity contribution is 5.99. The quantitative estimate of drug-likeness (QED) is 0.372. The standard InChI is InChI=1S/C31H38N2O4/c1-30(2,3)21-12-15-22(16-13-21)37-23-14-11-20-17-25(28(34)33-27(29(35)36)31(4,5)6)32-26(24(20)18-23)19-9-7-8-10-19/h11-19,27H,7-10H2,1-6H3,(H,33,34)(H,35,36)/t27-/m1/s1. The lowest BCUT2D eigenvalue weighted by atomic mass is 9.86. The zero-order valence-electron chi connectivity index (χ0n) is 22.7. The number of rotatable bonds is 6. The van der Waals surface area contributed by atoms with Gasteiger partial charge in [0.1, 0.15) is 23.2 Å². The van der Waals surface area contributed by atoms with Crippen LogP contribution in [-0.4, -0.2) is 28.0 Å². The lowest BCUT2D eigenvalue weighted by molar-refractivity contribution is -0.142. The molecule has 6 nitrogen and oxygen atoms in total. The molecule has 2 aromatic carbocycles. The topological polar surface area (TPSA) is 88.5 Å². The molecule has 1 saturated carbocycles. The number of fused-ring (bicyclic) bond motifs is 1. The van der Waals surface area contributed by atoms with E-state index >= 15 is 0 Å². The average Bonchev–Trinajstić information content (AvgIpc) is 3.35. The van der Waals surface area contributed by atoms with Crippen molar-refractivity contribution in [3.05, 3.63) is 65.5 Å². The van der Waals surface area contributed by atoms with Gasteiger partial charge in [-0.15, -0.1) is 0 Å². The molecule has 1 fully saturated rings. The van der Waals surface area contributed by atoms with E-state index in [0.717, 1.165) is 47.9 Å². The molecule has 0 saturated heterocycles. The predicted octanol–water partition coefficient (Wildman–Crippen LogP) is 7.21. The molecule has 1 aromatic heterocycles. The molecule has 2 N–H and O–H groups in total. The minimum absolute atomic E-state index is 0.0741. The van der Waals surface area contributed by atoms with Crippen molar-refractivity contribution in [3.63, 3.8) is 0 Å². The third-order valence-corrected chi connectivity index (χ3v) is 7.15. The van der Waals surface area contributed by atoms with Crippen molar-refractivity contribution in [1.29, 1.82) is 0 Å². The van der Waals surface area contributed by atoms with Gasteiger partial charge in [-0.05, 0) is 65.0 Å². The second kappa shape index (κ2) is 10.2. The predicted molar refractivity (Wildman–Crippen MR) is 147 cm³/mol. The van der Waals surface area contributed by atoms with Crippen LogP contribution in [0.15, 0.2) is 48.5 Å². The summed E-state index contributed by atoms with van der Waals surface area (Å²) in [6.07, 6.45) is 4.30. The molecule has 0 bridgehead atoms. The maximum atomic E-state index is 13.2. The Balaban J connectivity index is 1.68. The summed E-state index contributed by atoms with van der Waals surface area (Å²) in [4.78, 5) is 29.8. The van der Waals surface area contributed by atoms with Crippen LogP contribution in [-0.2, 0) is 10.2 Å². The summed E-state index contributed by atoms with van der Waals surface area (Å²) in [6.45, 7) is 11.9. The fraction of sp³-hybridized carbons (Fsp3) is 0.452. The molecule has 3 aromatic rings. The van der Waals surface area contributed by atoms with Crippen LogP contribution in [0.25, 0.3) is 10.8 Å². The van der Waals surface area contributed by atoms with E-state index in [9.17, 15) is 14.7 Å². The highest BCUT2D eigenvalue weighted by Crippen LogP contribution is 2.38. The van der Waals surface area contributed by atoms with E-state index in [1.54, 1.807) is 26.8 Å². The molecular formula is C31H38N2O4. The van der Waals surface area contributed by atoms with E-state index < -0.39 is 23.3 Å². The number of carboxylic acids is 1. The molecule has 1 aliphatic rings. The summed E-state index contributed by atoms with van der Waals surface area (Å²) >= 11 is 0. The molecule has 1 heterocycles. The Morgan fingerprint density at radius 3 is 2.14 bits per heavy atom. The molecule has 37 heavy (non-hydrogen) atoms. The Kier molecular flexibility index (Phi) is 7.31. The van der Waals surface area contributed by atoms with Crippen LogP contribution in [0.5, 0.6) is 11.5 Å². The fourth-order valence-corrected chi connectivity index (χ4v) is 4.96. The van der Waals surface area contributed by atoms with Crippen LogP contribution in [0.1, 0.15) is 94.9 Å². The van der Waals surface area contributed by atoms with E-state index in [0.29, 0.717) is 5.75 Å². The Morgan fingerprint density at radius 1 is 0.946 bits per heavy atom. The van der Waals surface area contributed by atoms with Crippen molar-refractivity contribution in [2.75, 3.05) is 0 Å². The van der Waals surface area contributed by atoms with Gasteiger partial charge in [0.05, 0.1) is 5.69 Å². The van der Waals surface area contributed by atoms with Crippen molar-refractivity contribution < 1.29 is 19.4 Å². The van der Waals surface area contributed by atoms with Gasteiger partial charge >= 0.3 is 5.97 Å². The first-order chi connectivity index (χ1) is 17.3. The van der Waals surface area contributed by atoms with E-state index in [2.05, 4.69) is 38.2 Å². The molecule has 1 amide bonds. The molecule has 4 rings (SSSR count). The first-order valence-electron chi connectivity index (χ1n) is 13.1. The maximum absolute atomic E-state index is 13.2. The summed E-state index contributed by atoms with van der Waals surface area (Å²) in [5, 5.41) is 14.2. The first-order valence-corrected chi connectivity index (χ1v) is 13.1. The number of pyridine rings is 1. The maximum Gasteiger partial charge on any atom is 0.326 e. The van der Waals surface area contributed by atoms with E-state index in [4.69, 9.17) is 9.72 Å². The van der Waals surface area contributed by atoms with E-state index in [1.165, 1.54) is 5.56 Å². The summed E-state index contributed by atoms with van der Waals surface area (Å²) in [6, 6.07) is 14.7. The SMILES string of the molecule is CC(C)(C)c1ccc(Oc2ccc3cc(C(=O)N[C@H](C(=O)O)C(C)(C)C)nc(C4CCCC4)c3c2)cc1. The molecule has 196 valence electrons. The Bertz CT molecular complexity index is 1290. The summed E-state index contributed by atoms with van der Waals surface area (Å²) in [7, 11) is 0. The number of carboxylic acid groups (broad SMARTS) is 1. The molecule has 1 aliphatic carbocycles. The molecular weight excluding hydrogens is 464 g/mol. The normalized spacial score (nSPS) is 15.5.